The molecule has 3 heterocycles. The highest BCUT2D eigenvalue weighted by molar-refractivity contribution is 5.83. The van der Waals surface area contributed by atoms with Crippen LogP contribution in [0.25, 0.3) is 22.2 Å². The van der Waals surface area contributed by atoms with Gasteiger partial charge in [0.05, 0.1) is 23.8 Å². The van der Waals surface area contributed by atoms with Crippen LogP contribution in [0.3, 0.4) is 0 Å². The Kier molecular flexibility index (Phi) is 6.49. The van der Waals surface area contributed by atoms with Crippen LogP contribution in [-0.2, 0) is 6.42 Å². The summed E-state index contributed by atoms with van der Waals surface area (Å²) in [5, 5.41) is 6.59. The first kappa shape index (κ1) is 23.7. The number of hydrogen-bond acceptors (Lipinski definition) is 8. The predicted octanol–water partition coefficient (Wildman–Crippen LogP) is 5.43. The number of methoxy groups -OCH3 is 1. The summed E-state index contributed by atoms with van der Waals surface area (Å²) in [6.07, 6.45) is 2.39. The molecule has 3 aromatic carbocycles. The van der Waals surface area contributed by atoms with Crippen molar-refractivity contribution in [3.8, 4) is 22.6 Å². The van der Waals surface area contributed by atoms with E-state index in [1.165, 1.54) is 0 Å². The monoisotopic (exact) mass is 507 g/mol. The van der Waals surface area contributed by atoms with Gasteiger partial charge in [0.1, 0.15) is 23.6 Å². The van der Waals surface area contributed by atoms with Gasteiger partial charge >= 0.3 is 0 Å². The summed E-state index contributed by atoms with van der Waals surface area (Å²) in [5.74, 6) is 3.28. The Balaban J connectivity index is 1.24. The number of nitrogens with zero attached hydrogens (tertiary/aromatic N) is 3. The Morgan fingerprint density at radius 2 is 1.84 bits per heavy atom. The molecule has 1 aliphatic heterocycles. The van der Waals surface area contributed by atoms with Gasteiger partial charge < -0.3 is 25.2 Å². The Hall–Kier alpha value is -4.63. The van der Waals surface area contributed by atoms with Gasteiger partial charge in [0.15, 0.2) is 0 Å². The first-order valence-corrected chi connectivity index (χ1v) is 12.7. The van der Waals surface area contributed by atoms with Crippen molar-refractivity contribution in [2.45, 2.75) is 19.3 Å². The summed E-state index contributed by atoms with van der Waals surface area (Å²) >= 11 is 0. The standard InChI is InChI=1S/C29H29N7O2/c1-3-30-29-35-24-10-4-19(14-26(24)36-29)18-5-11-27-20(12-18)13-21(16-33-38-27)25-15-28(32-17-31-25)34-22-6-8-23(37-2)9-7-22/h4-12,14-15,17,21,33H,3,13,16H2,1-2H3,(H2,30,35,36)(H,31,32,34). The highest BCUT2D eigenvalue weighted by Gasteiger charge is 2.22. The third-order valence-corrected chi connectivity index (χ3v) is 6.67. The van der Waals surface area contributed by atoms with Crippen molar-refractivity contribution in [2.24, 2.45) is 0 Å². The van der Waals surface area contributed by atoms with E-state index in [0.717, 1.165) is 75.3 Å². The maximum Gasteiger partial charge on any atom is 0.201 e. The van der Waals surface area contributed by atoms with Gasteiger partial charge in [-0.1, -0.05) is 12.1 Å². The normalized spacial score (nSPS) is 14.8. The summed E-state index contributed by atoms with van der Waals surface area (Å²) < 4.78 is 5.24. The fourth-order valence-corrected chi connectivity index (χ4v) is 4.71. The molecule has 0 radical (unpaired) electrons. The fraction of sp³-hybridized carbons (Fsp3) is 0.207. The van der Waals surface area contributed by atoms with Crippen molar-refractivity contribution in [1.82, 2.24) is 25.4 Å². The van der Waals surface area contributed by atoms with Crippen LogP contribution in [0.2, 0.25) is 0 Å². The highest BCUT2D eigenvalue weighted by atomic mass is 16.6. The summed E-state index contributed by atoms with van der Waals surface area (Å²) in [6, 6.07) is 22.4. The van der Waals surface area contributed by atoms with Crippen molar-refractivity contribution >= 4 is 28.5 Å². The number of anilines is 3. The predicted molar refractivity (Wildman–Crippen MR) is 149 cm³/mol. The first-order valence-electron chi connectivity index (χ1n) is 12.7. The maximum absolute atomic E-state index is 5.89. The van der Waals surface area contributed by atoms with Gasteiger partial charge in [0.2, 0.25) is 5.95 Å². The van der Waals surface area contributed by atoms with E-state index >= 15 is 0 Å². The van der Waals surface area contributed by atoms with E-state index in [1.807, 2.05) is 42.5 Å². The van der Waals surface area contributed by atoms with Crippen LogP contribution < -0.4 is 25.7 Å². The van der Waals surface area contributed by atoms with Crippen LogP contribution in [0.5, 0.6) is 11.5 Å². The number of aromatic amines is 1. The van der Waals surface area contributed by atoms with Crippen LogP contribution in [0.15, 0.2) is 73.1 Å². The van der Waals surface area contributed by atoms with E-state index in [1.54, 1.807) is 13.4 Å². The van der Waals surface area contributed by atoms with E-state index in [4.69, 9.17) is 9.57 Å². The molecule has 1 aliphatic rings. The molecule has 4 N–H and O–H groups in total. The lowest BCUT2D eigenvalue weighted by Gasteiger charge is -2.15. The smallest absolute Gasteiger partial charge is 0.201 e. The second-order valence-corrected chi connectivity index (χ2v) is 9.20. The molecule has 6 rings (SSSR count). The topological polar surface area (TPSA) is 109 Å². The van der Waals surface area contributed by atoms with Gasteiger partial charge in [-0.25, -0.2) is 15.0 Å². The van der Waals surface area contributed by atoms with E-state index in [-0.39, 0.29) is 5.92 Å². The van der Waals surface area contributed by atoms with Gasteiger partial charge in [-0.05, 0) is 78.6 Å². The minimum absolute atomic E-state index is 0.115. The zero-order chi connectivity index (χ0) is 25.9. The number of aromatic nitrogens is 4. The van der Waals surface area contributed by atoms with E-state index in [0.29, 0.717) is 6.54 Å². The van der Waals surface area contributed by atoms with Crippen molar-refractivity contribution < 1.29 is 9.57 Å². The number of ether oxygens (including phenoxy) is 1. The minimum Gasteiger partial charge on any atom is -0.497 e. The highest BCUT2D eigenvalue weighted by Crippen LogP contribution is 2.33. The largest absolute Gasteiger partial charge is 0.497 e. The second kappa shape index (κ2) is 10.4. The molecule has 1 unspecified atom stereocenters. The fourth-order valence-electron chi connectivity index (χ4n) is 4.71. The van der Waals surface area contributed by atoms with Gasteiger partial charge in [0, 0.05) is 30.8 Å². The summed E-state index contributed by atoms with van der Waals surface area (Å²) in [7, 11) is 1.66. The number of benzene rings is 3. The molecule has 0 spiro atoms. The number of imidazole rings is 1. The van der Waals surface area contributed by atoms with E-state index in [2.05, 4.69) is 67.2 Å². The van der Waals surface area contributed by atoms with Gasteiger partial charge in [-0.15, -0.1) is 0 Å². The maximum atomic E-state index is 5.89. The van der Waals surface area contributed by atoms with E-state index in [9.17, 15) is 0 Å². The molecule has 1 atom stereocenters. The third-order valence-electron chi connectivity index (χ3n) is 6.67. The lowest BCUT2D eigenvalue weighted by molar-refractivity contribution is 0.196. The van der Waals surface area contributed by atoms with Gasteiger partial charge in [0.25, 0.3) is 0 Å². The Morgan fingerprint density at radius 3 is 2.68 bits per heavy atom. The molecule has 0 aliphatic carbocycles. The molecule has 192 valence electrons. The number of nitrogens with one attached hydrogen (secondary N) is 4. The number of H-pyrrole nitrogens is 1. The number of hydroxylamine groups is 1. The molecule has 0 saturated heterocycles. The molecule has 9 heteroatoms. The van der Waals surface area contributed by atoms with E-state index < -0.39 is 0 Å². The first-order chi connectivity index (χ1) is 18.7. The van der Waals surface area contributed by atoms with Gasteiger partial charge in [-0.2, -0.15) is 5.48 Å². The quantitative estimate of drug-likeness (QED) is 0.231. The molecule has 0 saturated carbocycles. The zero-order valence-corrected chi connectivity index (χ0v) is 21.3. The minimum atomic E-state index is 0.115. The lowest BCUT2D eigenvalue weighted by atomic mass is 9.93. The number of hydrogen-bond donors (Lipinski definition) is 4. The molecule has 2 aromatic heterocycles. The van der Waals surface area contributed by atoms with Crippen LogP contribution in [-0.4, -0.2) is 40.1 Å². The van der Waals surface area contributed by atoms with Crippen LogP contribution in [0.4, 0.5) is 17.5 Å². The summed E-state index contributed by atoms with van der Waals surface area (Å²) in [4.78, 5) is 22.8. The third kappa shape index (κ3) is 4.96. The molecule has 5 aromatic rings. The average Bonchev–Trinajstić information content (AvgIpc) is 3.22. The van der Waals surface area contributed by atoms with Crippen molar-refractivity contribution in [3.05, 3.63) is 84.3 Å². The Morgan fingerprint density at radius 1 is 1.00 bits per heavy atom. The molecule has 38 heavy (non-hydrogen) atoms. The SMILES string of the molecule is CCNc1nc2ccc(-c3ccc4c(c3)CC(c3cc(Nc5ccc(OC)cc5)ncn3)CNO4)cc2[nH]1. The molecular formula is C29H29N7O2. The molecule has 0 bridgehead atoms. The Labute approximate surface area is 220 Å². The van der Waals surface area contributed by atoms with Crippen LogP contribution >= 0.6 is 0 Å². The molecular weight excluding hydrogens is 478 g/mol. The average molecular weight is 508 g/mol. The van der Waals surface area contributed by atoms with Crippen molar-refractivity contribution in [1.29, 1.82) is 0 Å². The lowest BCUT2D eigenvalue weighted by Crippen LogP contribution is -2.23. The van der Waals surface area contributed by atoms with Crippen molar-refractivity contribution in [2.75, 3.05) is 30.8 Å². The van der Waals surface area contributed by atoms with Crippen molar-refractivity contribution in [3.63, 3.8) is 0 Å². The Bertz CT molecular complexity index is 1570. The van der Waals surface area contributed by atoms with Crippen LogP contribution in [0, 0.1) is 0 Å². The molecule has 9 nitrogen and oxygen atoms in total. The zero-order valence-electron chi connectivity index (χ0n) is 21.3. The number of fused-ring (bicyclic) bond motifs is 2. The second-order valence-electron chi connectivity index (χ2n) is 9.20. The summed E-state index contributed by atoms with van der Waals surface area (Å²) in [5.41, 5.74) is 10.3. The number of rotatable bonds is 7. The summed E-state index contributed by atoms with van der Waals surface area (Å²) in [6.45, 7) is 3.51. The van der Waals surface area contributed by atoms with Crippen LogP contribution in [0.1, 0.15) is 24.1 Å². The molecule has 0 amide bonds. The molecule has 0 fully saturated rings. The van der Waals surface area contributed by atoms with Gasteiger partial charge in [-0.3, -0.25) is 0 Å².